The zero-order chi connectivity index (χ0) is 16.6. The van der Waals surface area contributed by atoms with Crippen molar-refractivity contribution < 1.29 is 35.7 Å². The number of unbranched alkanes of at least 4 members (excludes halogenated alkanes) is 1. The van der Waals surface area contributed by atoms with Gasteiger partial charge in [-0.2, -0.15) is 0 Å². The lowest BCUT2D eigenvalue weighted by molar-refractivity contribution is -0.0216. The molecular formula is C12H28O8Si2. The van der Waals surface area contributed by atoms with Crippen LogP contribution in [0.15, 0.2) is 0 Å². The molecule has 0 bridgehead atoms. The van der Waals surface area contributed by atoms with Crippen molar-refractivity contribution in [3.8, 4) is 0 Å². The molecule has 0 aliphatic carbocycles. The number of epoxide rings is 1. The lowest BCUT2D eigenvalue weighted by atomic mass is 10.4. The van der Waals surface area contributed by atoms with Crippen LogP contribution in [-0.2, 0) is 35.7 Å². The second kappa shape index (κ2) is 9.42. The Labute approximate surface area is 134 Å². The van der Waals surface area contributed by atoms with Crippen LogP contribution in [0.4, 0.5) is 0 Å². The third-order valence-electron chi connectivity index (χ3n) is 3.44. The van der Waals surface area contributed by atoms with Gasteiger partial charge in [0.05, 0.1) is 0 Å². The first-order valence-corrected chi connectivity index (χ1v) is 10.8. The number of ether oxygens (including phenoxy) is 1. The topological polar surface area (TPSA) is 77.1 Å². The van der Waals surface area contributed by atoms with Gasteiger partial charge in [-0.25, -0.2) is 0 Å². The third-order valence-corrected chi connectivity index (χ3v) is 8.25. The van der Waals surface area contributed by atoms with E-state index in [0.717, 1.165) is 12.8 Å². The van der Waals surface area contributed by atoms with Gasteiger partial charge in [-0.3, -0.25) is 0 Å². The Balaban J connectivity index is 2.52. The fraction of sp³-hybridized carbons (Fsp3) is 1.00. The minimum absolute atomic E-state index is 0.180. The molecule has 2 atom stereocenters. The van der Waals surface area contributed by atoms with E-state index in [1.54, 1.807) is 14.2 Å². The van der Waals surface area contributed by atoms with E-state index in [-0.39, 0.29) is 6.10 Å². The molecule has 0 aromatic heterocycles. The molecule has 2 unspecified atom stereocenters. The number of hydrogen-bond acceptors (Lipinski definition) is 8. The van der Waals surface area contributed by atoms with Gasteiger partial charge in [-0.15, -0.1) is 0 Å². The molecule has 1 aliphatic rings. The highest BCUT2D eigenvalue weighted by atomic mass is 28.4. The van der Waals surface area contributed by atoms with Crippen LogP contribution in [0, 0.1) is 0 Å². The first kappa shape index (κ1) is 20.2. The Morgan fingerprint density at radius 3 is 1.95 bits per heavy atom. The molecule has 0 saturated carbocycles. The molecule has 0 amide bonds. The molecule has 0 radical (unpaired) electrons. The second-order valence-corrected chi connectivity index (χ2v) is 10.1. The van der Waals surface area contributed by atoms with Gasteiger partial charge >= 0.3 is 17.9 Å². The molecule has 1 saturated heterocycles. The first-order chi connectivity index (χ1) is 10.5. The standard InChI is InChI=1S/C12H28O8Si2/c1-7-8-9-18-21(13-2,14-3)10-11-12(19-11)20-22(15-4,16-5)17-6/h11-12H,7-10H2,1-6H3. The molecular weight excluding hydrogens is 328 g/mol. The van der Waals surface area contributed by atoms with E-state index in [0.29, 0.717) is 12.7 Å². The largest absolute Gasteiger partial charge is 0.680 e. The summed E-state index contributed by atoms with van der Waals surface area (Å²) in [6.45, 7) is 2.71. The van der Waals surface area contributed by atoms with Crippen LogP contribution in [0.1, 0.15) is 19.8 Å². The maximum atomic E-state index is 5.85. The van der Waals surface area contributed by atoms with Crippen LogP contribution in [0.2, 0.25) is 6.04 Å². The molecule has 1 heterocycles. The average molecular weight is 357 g/mol. The highest BCUT2D eigenvalue weighted by molar-refractivity contribution is 6.60. The second-order valence-electron chi connectivity index (χ2n) is 4.77. The summed E-state index contributed by atoms with van der Waals surface area (Å²) in [6.07, 6.45) is 1.37. The molecule has 0 N–H and O–H groups in total. The normalized spacial score (nSPS) is 22.1. The summed E-state index contributed by atoms with van der Waals surface area (Å²) < 4.78 is 43.7. The third kappa shape index (κ3) is 5.33. The van der Waals surface area contributed by atoms with Crippen LogP contribution in [0.5, 0.6) is 0 Å². The van der Waals surface area contributed by atoms with Crippen molar-refractivity contribution in [1.29, 1.82) is 0 Å². The molecule has 0 aromatic rings. The Morgan fingerprint density at radius 2 is 1.50 bits per heavy atom. The smallest absolute Gasteiger partial charge is 0.377 e. The van der Waals surface area contributed by atoms with Crippen LogP contribution in [0.25, 0.3) is 0 Å². The van der Waals surface area contributed by atoms with E-state index in [1.165, 1.54) is 21.3 Å². The predicted molar refractivity (Wildman–Crippen MR) is 82.0 cm³/mol. The van der Waals surface area contributed by atoms with Gasteiger partial charge in [0.2, 0.25) is 0 Å². The van der Waals surface area contributed by atoms with Crippen molar-refractivity contribution in [2.45, 2.75) is 38.2 Å². The molecule has 1 fully saturated rings. The minimum Gasteiger partial charge on any atom is -0.377 e. The Hall–Kier alpha value is 0.114. The molecule has 22 heavy (non-hydrogen) atoms. The lowest BCUT2D eigenvalue weighted by Crippen LogP contribution is -2.48. The maximum absolute atomic E-state index is 5.85. The zero-order valence-electron chi connectivity index (χ0n) is 14.2. The molecule has 1 aliphatic heterocycles. The van der Waals surface area contributed by atoms with Crippen molar-refractivity contribution in [1.82, 2.24) is 0 Å². The fourth-order valence-electron chi connectivity index (χ4n) is 1.96. The van der Waals surface area contributed by atoms with E-state index in [1.807, 2.05) is 0 Å². The van der Waals surface area contributed by atoms with Gasteiger partial charge < -0.3 is 35.7 Å². The number of rotatable bonds is 13. The Bertz CT molecular complexity index is 303. The Kier molecular flexibility index (Phi) is 8.63. The summed E-state index contributed by atoms with van der Waals surface area (Å²) in [6, 6.07) is 0.510. The predicted octanol–water partition coefficient (Wildman–Crippen LogP) is 1.15. The first-order valence-electron chi connectivity index (χ1n) is 7.27. The van der Waals surface area contributed by atoms with Gasteiger partial charge in [0, 0.05) is 48.2 Å². The van der Waals surface area contributed by atoms with E-state index in [4.69, 9.17) is 35.7 Å². The molecule has 8 nitrogen and oxygen atoms in total. The van der Waals surface area contributed by atoms with Gasteiger partial charge in [0.1, 0.15) is 6.10 Å². The SMILES string of the molecule is CCCCO[Si](CC1OC1O[Si](OC)(OC)OC)(OC)OC. The summed E-state index contributed by atoms with van der Waals surface area (Å²) in [5, 5.41) is 0. The highest BCUT2D eigenvalue weighted by Gasteiger charge is 2.57. The van der Waals surface area contributed by atoms with Gasteiger partial charge in [-0.05, 0) is 6.42 Å². The quantitative estimate of drug-likeness (QED) is 0.276. The molecule has 0 aromatic carbocycles. The highest BCUT2D eigenvalue weighted by Crippen LogP contribution is 2.34. The maximum Gasteiger partial charge on any atom is 0.680 e. The van der Waals surface area contributed by atoms with Gasteiger partial charge in [-0.1, -0.05) is 13.3 Å². The van der Waals surface area contributed by atoms with Crippen molar-refractivity contribution in [3.05, 3.63) is 0 Å². The van der Waals surface area contributed by atoms with E-state index < -0.39 is 24.1 Å². The van der Waals surface area contributed by atoms with Crippen molar-refractivity contribution in [2.75, 3.05) is 42.2 Å². The van der Waals surface area contributed by atoms with Crippen LogP contribution in [0.3, 0.4) is 0 Å². The average Bonchev–Trinajstić information content (AvgIpc) is 3.29. The molecule has 1 rings (SSSR count). The summed E-state index contributed by atoms with van der Waals surface area (Å²) in [7, 11) is 1.77. The summed E-state index contributed by atoms with van der Waals surface area (Å²) >= 11 is 0. The molecule has 10 heteroatoms. The van der Waals surface area contributed by atoms with Crippen LogP contribution < -0.4 is 0 Å². The zero-order valence-corrected chi connectivity index (χ0v) is 16.2. The van der Waals surface area contributed by atoms with E-state index in [9.17, 15) is 0 Å². The van der Waals surface area contributed by atoms with Gasteiger partial charge in [0.25, 0.3) is 0 Å². The van der Waals surface area contributed by atoms with Crippen molar-refractivity contribution >= 4 is 17.9 Å². The van der Waals surface area contributed by atoms with Crippen LogP contribution in [-0.4, -0.2) is 72.4 Å². The van der Waals surface area contributed by atoms with E-state index in [2.05, 4.69) is 6.92 Å². The number of hydrogen-bond donors (Lipinski definition) is 0. The summed E-state index contributed by atoms with van der Waals surface area (Å²) in [5.74, 6) is 0. The van der Waals surface area contributed by atoms with Crippen molar-refractivity contribution in [2.24, 2.45) is 0 Å². The molecule has 132 valence electrons. The summed E-state index contributed by atoms with van der Waals surface area (Å²) in [5.41, 5.74) is 0. The minimum atomic E-state index is -3.12. The van der Waals surface area contributed by atoms with Crippen LogP contribution >= 0.6 is 0 Å². The fourth-order valence-corrected chi connectivity index (χ4v) is 5.33. The lowest BCUT2D eigenvalue weighted by Gasteiger charge is -2.26. The summed E-state index contributed by atoms with van der Waals surface area (Å²) in [4.78, 5) is 0. The van der Waals surface area contributed by atoms with Gasteiger partial charge in [0.15, 0.2) is 6.29 Å². The monoisotopic (exact) mass is 356 g/mol. The van der Waals surface area contributed by atoms with Crippen molar-refractivity contribution in [3.63, 3.8) is 0 Å². The molecule has 0 spiro atoms. The van der Waals surface area contributed by atoms with E-state index >= 15 is 0 Å². The Morgan fingerprint density at radius 1 is 0.909 bits per heavy atom.